The van der Waals surface area contributed by atoms with Crippen LogP contribution >= 0.6 is 0 Å². The van der Waals surface area contributed by atoms with E-state index >= 15 is 0 Å². The van der Waals surface area contributed by atoms with E-state index in [0.717, 1.165) is 11.6 Å². The molecule has 0 radical (unpaired) electrons. The average molecular weight is 322 g/mol. The number of carboxylic acids is 1. The van der Waals surface area contributed by atoms with Gasteiger partial charge in [-0.2, -0.15) is 0 Å². The highest BCUT2D eigenvalue weighted by atomic mass is 16.6. The summed E-state index contributed by atoms with van der Waals surface area (Å²) in [4.78, 5) is 22.9. The largest absolute Gasteiger partial charge is 0.479 e. The average Bonchev–Trinajstić information content (AvgIpc) is 2.51. The molecule has 1 saturated carbocycles. The minimum atomic E-state index is -2.24. The van der Waals surface area contributed by atoms with Crippen LogP contribution in [0.25, 0.3) is 6.08 Å². The molecule has 1 aromatic rings. The molecule has 0 heterocycles. The summed E-state index contributed by atoms with van der Waals surface area (Å²) in [6, 6.07) is 8.94. The fraction of sp³-hybridized carbons (Fsp3) is 0.375. The van der Waals surface area contributed by atoms with Gasteiger partial charge in [0.1, 0.15) is 12.2 Å². The van der Waals surface area contributed by atoms with Crippen LogP contribution in [0.15, 0.2) is 36.4 Å². The lowest BCUT2D eigenvalue weighted by molar-refractivity contribution is -0.196. The molecule has 1 fully saturated rings. The van der Waals surface area contributed by atoms with Gasteiger partial charge in [-0.1, -0.05) is 30.3 Å². The van der Waals surface area contributed by atoms with Gasteiger partial charge in [0.2, 0.25) is 0 Å². The summed E-state index contributed by atoms with van der Waals surface area (Å²) in [7, 11) is 0. The number of carboxylic acid groups (broad SMARTS) is 1. The zero-order valence-corrected chi connectivity index (χ0v) is 12.2. The maximum atomic E-state index is 11.8. The lowest BCUT2D eigenvalue weighted by Gasteiger charge is -2.39. The van der Waals surface area contributed by atoms with E-state index in [2.05, 4.69) is 0 Å². The van der Waals surface area contributed by atoms with Crippen molar-refractivity contribution in [3.8, 4) is 0 Å². The van der Waals surface area contributed by atoms with E-state index in [1.807, 2.05) is 6.07 Å². The predicted octanol–water partition coefficient (Wildman–Crippen LogP) is -0.0571. The normalized spacial score (nSPS) is 31.0. The van der Waals surface area contributed by atoms with Gasteiger partial charge in [0.25, 0.3) is 0 Å². The summed E-state index contributed by atoms with van der Waals surface area (Å²) in [5.74, 6) is -2.34. The lowest BCUT2D eigenvalue weighted by atomic mass is 9.79. The van der Waals surface area contributed by atoms with Crippen molar-refractivity contribution in [2.24, 2.45) is 0 Å². The summed E-state index contributed by atoms with van der Waals surface area (Å²) in [5.41, 5.74) is -1.48. The molecular weight excluding hydrogens is 304 g/mol. The Bertz CT molecular complexity index is 598. The maximum Gasteiger partial charge on any atom is 0.335 e. The molecule has 0 spiro atoms. The molecule has 0 saturated heterocycles. The zero-order chi connectivity index (χ0) is 17.0. The molecule has 0 unspecified atom stereocenters. The molecule has 0 aliphatic heterocycles. The van der Waals surface area contributed by atoms with Crippen LogP contribution in [0.3, 0.4) is 0 Å². The second-order valence-electron chi connectivity index (χ2n) is 5.52. The molecule has 4 N–H and O–H groups in total. The third-order valence-corrected chi connectivity index (χ3v) is 3.74. The molecule has 7 heteroatoms. The number of rotatable bonds is 4. The smallest absolute Gasteiger partial charge is 0.335 e. The molecule has 0 amide bonds. The van der Waals surface area contributed by atoms with Crippen molar-refractivity contribution in [3.05, 3.63) is 42.0 Å². The first-order valence-electron chi connectivity index (χ1n) is 7.07. The van der Waals surface area contributed by atoms with Crippen molar-refractivity contribution in [1.82, 2.24) is 0 Å². The molecule has 7 nitrogen and oxygen atoms in total. The Morgan fingerprint density at radius 2 is 1.83 bits per heavy atom. The van der Waals surface area contributed by atoms with Crippen molar-refractivity contribution in [2.75, 3.05) is 0 Å². The van der Waals surface area contributed by atoms with Crippen molar-refractivity contribution >= 4 is 18.0 Å². The van der Waals surface area contributed by atoms with E-state index in [1.165, 1.54) is 6.08 Å². The van der Waals surface area contributed by atoms with Crippen molar-refractivity contribution in [3.63, 3.8) is 0 Å². The molecule has 4 atom stereocenters. The molecular formula is C16H18O7. The molecule has 1 aliphatic carbocycles. The van der Waals surface area contributed by atoms with Gasteiger partial charge in [-0.15, -0.1) is 0 Å². The summed E-state index contributed by atoms with van der Waals surface area (Å²) in [6.07, 6.45) is -2.67. The Morgan fingerprint density at radius 1 is 1.17 bits per heavy atom. The first-order chi connectivity index (χ1) is 10.8. The first-order valence-corrected chi connectivity index (χ1v) is 7.07. The number of benzene rings is 1. The zero-order valence-electron chi connectivity index (χ0n) is 12.2. The second-order valence-corrected chi connectivity index (χ2v) is 5.52. The minimum Gasteiger partial charge on any atom is -0.479 e. The first kappa shape index (κ1) is 17.1. The molecule has 0 aromatic heterocycles. The quantitative estimate of drug-likeness (QED) is 0.452. The highest BCUT2D eigenvalue weighted by molar-refractivity contribution is 5.87. The summed E-state index contributed by atoms with van der Waals surface area (Å²) in [5, 5.41) is 38.5. The SMILES string of the molecule is O=C(/C=C/c1ccccc1)O[C@@H]1C[C@](O)(C(=O)O)C[C@@H](O)[C@H]1O. The maximum absolute atomic E-state index is 11.8. The van der Waals surface area contributed by atoms with Crippen LogP contribution in [0.2, 0.25) is 0 Å². The number of aliphatic hydroxyl groups excluding tert-OH is 2. The Balaban J connectivity index is 2.03. The molecule has 124 valence electrons. The van der Waals surface area contributed by atoms with Crippen LogP contribution in [-0.4, -0.2) is 56.3 Å². The topological polar surface area (TPSA) is 124 Å². The van der Waals surface area contributed by atoms with Gasteiger partial charge in [-0.3, -0.25) is 0 Å². The van der Waals surface area contributed by atoms with Gasteiger partial charge in [-0.25, -0.2) is 9.59 Å². The monoisotopic (exact) mass is 322 g/mol. The number of hydrogen-bond donors (Lipinski definition) is 4. The van der Waals surface area contributed by atoms with Crippen molar-refractivity contribution < 1.29 is 34.8 Å². The molecule has 2 rings (SSSR count). The molecule has 23 heavy (non-hydrogen) atoms. The van der Waals surface area contributed by atoms with E-state index in [9.17, 15) is 24.9 Å². The van der Waals surface area contributed by atoms with Crippen molar-refractivity contribution in [2.45, 2.75) is 36.8 Å². The number of ether oxygens (including phenoxy) is 1. The van der Waals surface area contributed by atoms with E-state index in [4.69, 9.17) is 9.84 Å². The highest BCUT2D eigenvalue weighted by Crippen LogP contribution is 2.31. The van der Waals surface area contributed by atoms with E-state index < -0.39 is 48.7 Å². The highest BCUT2D eigenvalue weighted by Gasteiger charge is 2.50. The van der Waals surface area contributed by atoms with Crippen LogP contribution in [0, 0.1) is 0 Å². The van der Waals surface area contributed by atoms with Gasteiger partial charge in [0.05, 0.1) is 6.10 Å². The number of carbonyl (C=O) groups is 2. The third kappa shape index (κ3) is 4.16. The number of aliphatic carboxylic acids is 1. The van der Waals surface area contributed by atoms with Crippen LogP contribution in [0.5, 0.6) is 0 Å². The Morgan fingerprint density at radius 3 is 2.43 bits per heavy atom. The van der Waals surface area contributed by atoms with Gasteiger partial charge in [0, 0.05) is 18.9 Å². The molecule has 1 aliphatic rings. The van der Waals surface area contributed by atoms with E-state index in [0.29, 0.717) is 0 Å². The number of hydrogen-bond acceptors (Lipinski definition) is 6. The predicted molar refractivity (Wildman–Crippen MR) is 79.2 cm³/mol. The summed E-state index contributed by atoms with van der Waals surface area (Å²) in [6.45, 7) is 0. The molecule has 0 bridgehead atoms. The van der Waals surface area contributed by atoms with Gasteiger partial charge < -0.3 is 25.2 Å². The minimum absolute atomic E-state index is 0.495. The second kappa shape index (κ2) is 6.91. The van der Waals surface area contributed by atoms with Crippen LogP contribution in [-0.2, 0) is 14.3 Å². The Labute approximate surface area is 132 Å². The van der Waals surface area contributed by atoms with Gasteiger partial charge in [-0.05, 0) is 11.6 Å². The fourth-order valence-electron chi connectivity index (χ4n) is 2.45. The van der Waals surface area contributed by atoms with Crippen LogP contribution in [0.4, 0.5) is 0 Å². The number of carbonyl (C=O) groups excluding carboxylic acids is 1. The lowest BCUT2D eigenvalue weighted by Crippen LogP contribution is -2.57. The summed E-state index contributed by atoms with van der Waals surface area (Å²) < 4.78 is 4.98. The van der Waals surface area contributed by atoms with E-state index in [-0.39, 0.29) is 0 Å². The standard InChI is InChI=1S/C16H18O7/c17-11-8-16(22,15(20)21)9-12(14(11)19)23-13(18)7-6-10-4-2-1-3-5-10/h1-7,11-12,14,17,19,22H,8-9H2,(H,20,21)/b7-6+/t11-,12-,14-,16+/m1/s1. The van der Waals surface area contributed by atoms with Crippen LogP contribution < -0.4 is 0 Å². The third-order valence-electron chi connectivity index (χ3n) is 3.74. The fourth-order valence-corrected chi connectivity index (χ4v) is 2.45. The Kier molecular flexibility index (Phi) is 5.15. The van der Waals surface area contributed by atoms with Gasteiger partial charge in [0.15, 0.2) is 5.60 Å². The summed E-state index contributed by atoms with van der Waals surface area (Å²) >= 11 is 0. The van der Waals surface area contributed by atoms with E-state index in [1.54, 1.807) is 24.3 Å². The number of esters is 1. The van der Waals surface area contributed by atoms with Crippen LogP contribution in [0.1, 0.15) is 18.4 Å². The number of aliphatic hydroxyl groups is 3. The Hall–Kier alpha value is -2.22. The molecule has 1 aromatic carbocycles. The van der Waals surface area contributed by atoms with Gasteiger partial charge >= 0.3 is 11.9 Å². The van der Waals surface area contributed by atoms with Crippen molar-refractivity contribution in [1.29, 1.82) is 0 Å².